The fraction of sp³-hybridized carbons (Fsp3) is 0.0455. The Morgan fingerprint density at radius 2 is 1.90 bits per heavy atom. The van der Waals surface area contributed by atoms with Crippen LogP contribution in [0.4, 0.5) is 11.4 Å². The van der Waals surface area contributed by atoms with Crippen LogP contribution in [0.5, 0.6) is 0 Å². The van der Waals surface area contributed by atoms with Crippen molar-refractivity contribution in [2.45, 2.75) is 6.92 Å². The molecule has 0 fully saturated rings. The highest BCUT2D eigenvalue weighted by Gasteiger charge is 2.29. The van der Waals surface area contributed by atoms with Gasteiger partial charge in [0, 0.05) is 17.7 Å². The molecule has 9 heteroatoms. The van der Waals surface area contributed by atoms with Gasteiger partial charge in [0.2, 0.25) is 0 Å². The molecular weight excluding hydrogens is 402 g/mol. The van der Waals surface area contributed by atoms with Crippen LogP contribution in [-0.2, 0) is 4.79 Å². The average molecular weight is 417 g/mol. The molecule has 154 valence electrons. The Labute approximate surface area is 175 Å². The number of anilines is 1. The standard InChI is InChI=1S/C22H15N3O6/c1-13-19(21(26)24(23-13)17-4-2-3-15(11-17)22(27)28)12-18-9-10-20(31-18)14-5-7-16(8-6-14)25(29)30/h2-12H,1H3,(H,27,28)/b19-12-. The van der Waals surface area contributed by atoms with Gasteiger partial charge in [0.05, 0.1) is 27.5 Å². The summed E-state index contributed by atoms with van der Waals surface area (Å²) in [5.41, 5.74) is 1.80. The van der Waals surface area contributed by atoms with E-state index in [9.17, 15) is 19.7 Å². The number of nitrogens with zero attached hydrogens (tertiary/aromatic N) is 3. The number of hydrogen-bond donors (Lipinski definition) is 1. The van der Waals surface area contributed by atoms with E-state index in [4.69, 9.17) is 9.52 Å². The van der Waals surface area contributed by atoms with Gasteiger partial charge in [-0.2, -0.15) is 10.1 Å². The van der Waals surface area contributed by atoms with Crippen LogP contribution >= 0.6 is 0 Å². The van der Waals surface area contributed by atoms with Crippen molar-refractivity contribution in [3.63, 3.8) is 0 Å². The summed E-state index contributed by atoms with van der Waals surface area (Å²) in [6, 6.07) is 15.3. The second kappa shape index (κ2) is 7.71. The predicted octanol–water partition coefficient (Wildman–Crippen LogP) is 4.36. The number of furan rings is 1. The van der Waals surface area contributed by atoms with E-state index >= 15 is 0 Å². The molecule has 3 aromatic rings. The Kier molecular flexibility index (Phi) is 4.92. The molecule has 2 aromatic carbocycles. The Morgan fingerprint density at radius 1 is 1.16 bits per heavy atom. The number of carboxylic acids is 1. The summed E-state index contributed by atoms with van der Waals surface area (Å²) in [4.78, 5) is 34.4. The molecule has 0 radical (unpaired) electrons. The van der Waals surface area contributed by atoms with E-state index in [0.717, 1.165) is 5.01 Å². The van der Waals surface area contributed by atoms with Crippen LogP contribution in [0.1, 0.15) is 23.0 Å². The smallest absolute Gasteiger partial charge is 0.335 e. The van der Waals surface area contributed by atoms with Crippen molar-refractivity contribution in [1.29, 1.82) is 0 Å². The van der Waals surface area contributed by atoms with Gasteiger partial charge < -0.3 is 9.52 Å². The third-order valence-electron chi connectivity index (χ3n) is 4.68. The average Bonchev–Trinajstić information content (AvgIpc) is 3.34. The number of carbonyl (C=O) groups excluding carboxylic acids is 1. The van der Waals surface area contributed by atoms with Gasteiger partial charge in [0.15, 0.2) is 0 Å². The maximum absolute atomic E-state index is 12.9. The Morgan fingerprint density at radius 3 is 2.58 bits per heavy atom. The summed E-state index contributed by atoms with van der Waals surface area (Å²) in [5.74, 6) is -0.604. The zero-order chi connectivity index (χ0) is 22.1. The summed E-state index contributed by atoms with van der Waals surface area (Å²) in [6.45, 7) is 1.67. The number of hydrogen-bond acceptors (Lipinski definition) is 6. The van der Waals surface area contributed by atoms with E-state index in [1.54, 1.807) is 49.4 Å². The SMILES string of the molecule is CC1=NN(c2cccc(C(=O)O)c2)C(=O)/C1=C\c1ccc(-c2ccc([N+](=O)[O-])cc2)o1. The molecule has 1 aliphatic rings. The molecule has 1 aliphatic heterocycles. The number of carbonyl (C=O) groups is 2. The van der Waals surface area contributed by atoms with E-state index in [-0.39, 0.29) is 11.3 Å². The lowest BCUT2D eigenvalue weighted by atomic mass is 10.1. The molecule has 2 heterocycles. The van der Waals surface area contributed by atoms with Crippen molar-refractivity contribution < 1.29 is 24.0 Å². The van der Waals surface area contributed by atoms with Gasteiger partial charge in [-0.25, -0.2) is 4.79 Å². The maximum Gasteiger partial charge on any atom is 0.335 e. The first-order valence-electron chi connectivity index (χ1n) is 9.13. The second-order valence-electron chi connectivity index (χ2n) is 6.72. The van der Waals surface area contributed by atoms with Crippen molar-refractivity contribution >= 4 is 35.0 Å². The number of rotatable bonds is 5. The fourth-order valence-corrected chi connectivity index (χ4v) is 3.11. The first-order valence-corrected chi connectivity index (χ1v) is 9.13. The lowest BCUT2D eigenvalue weighted by Crippen LogP contribution is -2.21. The van der Waals surface area contributed by atoms with Gasteiger partial charge in [0.1, 0.15) is 11.5 Å². The van der Waals surface area contributed by atoms with E-state index in [0.29, 0.717) is 34.1 Å². The summed E-state index contributed by atoms with van der Waals surface area (Å²) in [6.07, 6.45) is 1.55. The molecule has 1 N–H and O–H groups in total. The summed E-state index contributed by atoms with van der Waals surface area (Å²) in [5, 5.41) is 25.3. The Hall–Kier alpha value is -4.53. The molecule has 0 atom stereocenters. The van der Waals surface area contributed by atoms with Gasteiger partial charge >= 0.3 is 5.97 Å². The molecule has 0 saturated heterocycles. The zero-order valence-electron chi connectivity index (χ0n) is 16.2. The van der Waals surface area contributed by atoms with Crippen molar-refractivity contribution in [3.05, 3.63) is 87.7 Å². The number of nitro groups is 1. The Balaban J connectivity index is 1.59. The highest BCUT2D eigenvalue weighted by atomic mass is 16.6. The van der Waals surface area contributed by atoms with Gasteiger partial charge in [-0.15, -0.1) is 0 Å². The molecule has 9 nitrogen and oxygen atoms in total. The zero-order valence-corrected chi connectivity index (χ0v) is 16.2. The van der Waals surface area contributed by atoms with E-state index in [1.807, 2.05) is 0 Å². The summed E-state index contributed by atoms with van der Waals surface area (Å²) < 4.78 is 5.77. The first-order chi connectivity index (χ1) is 14.8. The monoisotopic (exact) mass is 417 g/mol. The summed E-state index contributed by atoms with van der Waals surface area (Å²) >= 11 is 0. The van der Waals surface area contributed by atoms with Crippen molar-refractivity contribution in [1.82, 2.24) is 0 Å². The number of aromatic carboxylic acids is 1. The minimum absolute atomic E-state index is 0.0203. The molecule has 4 rings (SSSR count). The minimum atomic E-state index is -1.10. The van der Waals surface area contributed by atoms with Gasteiger partial charge in [0.25, 0.3) is 11.6 Å². The Bertz CT molecular complexity index is 1270. The molecule has 31 heavy (non-hydrogen) atoms. The summed E-state index contributed by atoms with van der Waals surface area (Å²) in [7, 11) is 0. The normalized spacial score (nSPS) is 14.7. The predicted molar refractivity (Wildman–Crippen MR) is 113 cm³/mol. The van der Waals surface area contributed by atoms with Crippen LogP contribution in [0.3, 0.4) is 0 Å². The molecule has 0 aliphatic carbocycles. The van der Waals surface area contributed by atoms with Crippen LogP contribution in [-0.4, -0.2) is 27.6 Å². The lowest BCUT2D eigenvalue weighted by Gasteiger charge is -2.12. The van der Waals surface area contributed by atoms with Crippen molar-refractivity contribution in [3.8, 4) is 11.3 Å². The number of hydrazone groups is 1. The number of carboxylic acid groups (broad SMARTS) is 1. The molecule has 1 aromatic heterocycles. The first kappa shape index (κ1) is 19.8. The van der Waals surface area contributed by atoms with E-state index in [1.165, 1.54) is 24.3 Å². The molecular formula is C22H15N3O6. The maximum atomic E-state index is 12.9. The number of benzene rings is 2. The van der Waals surface area contributed by atoms with Crippen molar-refractivity contribution in [2.24, 2.45) is 5.10 Å². The van der Waals surface area contributed by atoms with Gasteiger partial charge in [-0.05, 0) is 55.5 Å². The fourth-order valence-electron chi connectivity index (χ4n) is 3.11. The molecule has 0 unspecified atom stereocenters. The van der Waals surface area contributed by atoms with Gasteiger partial charge in [-0.3, -0.25) is 14.9 Å². The molecule has 1 amide bonds. The van der Waals surface area contributed by atoms with Crippen LogP contribution in [0.25, 0.3) is 17.4 Å². The van der Waals surface area contributed by atoms with Crippen LogP contribution < -0.4 is 5.01 Å². The van der Waals surface area contributed by atoms with Gasteiger partial charge in [-0.1, -0.05) is 6.07 Å². The van der Waals surface area contributed by atoms with Crippen LogP contribution in [0, 0.1) is 10.1 Å². The molecule has 0 spiro atoms. The number of non-ortho nitro benzene ring substituents is 1. The largest absolute Gasteiger partial charge is 0.478 e. The van der Waals surface area contributed by atoms with Crippen molar-refractivity contribution in [2.75, 3.05) is 5.01 Å². The third-order valence-corrected chi connectivity index (χ3v) is 4.68. The minimum Gasteiger partial charge on any atom is -0.478 e. The number of amides is 1. The highest BCUT2D eigenvalue weighted by molar-refractivity contribution is 6.32. The molecule has 0 bridgehead atoms. The van der Waals surface area contributed by atoms with Crippen LogP contribution in [0.15, 0.2) is 75.8 Å². The van der Waals surface area contributed by atoms with Crippen LogP contribution in [0.2, 0.25) is 0 Å². The number of nitro benzene ring substituents is 1. The lowest BCUT2D eigenvalue weighted by molar-refractivity contribution is -0.384. The molecule has 0 saturated carbocycles. The third kappa shape index (κ3) is 3.84. The van der Waals surface area contributed by atoms with E-state index in [2.05, 4.69) is 5.10 Å². The highest BCUT2D eigenvalue weighted by Crippen LogP contribution is 2.28. The quantitative estimate of drug-likeness (QED) is 0.373. The van der Waals surface area contributed by atoms with E-state index < -0.39 is 16.8 Å². The topological polar surface area (TPSA) is 126 Å². The second-order valence-corrected chi connectivity index (χ2v) is 6.72.